The van der Waals surface area contributed by atoms with Crippen LogP contribution < -0.4 is 5.32 Å². The molecule has 3 saturated heterocycles. The largest absolute Gasteiger partial charge is 0.389 e. The average molecular weight is 224 g/mol. The molecule has 0 spiro atoms. The molecule has 3 fully saturated rings. The zero-order valence-electron chi connectivity index (χ0n) is 9.56. The lowest BCUT2D eigenvalue weighted by molar-refractivity contribution is -0.142. The van der Waals surface area contributed by atoms with E-state index in [4.69, 9.17) is 5.11 Å². The fraction of sp³-hybridized carbons (Fsp3) is 0.917. The van der Waals surface area contributed by atoms with Crippen LogP contribution in [-0.4, -0.2) is 47.2 Å². The molecule has 2 N–H and O–H groups in total. The topological polar surface area (TPSA) is 52.6 Å². The van der Waals surface area contributed by atoms with Crippen molar-refractivity contribution in [2.45, 2.75) is 50.3 Å². The van der Waals surface area contributed by atoms with Crippen molar-refractivity contribution in [1.29, 1.82) is 0 Å². The fourth-order valence-corrected chi connectivity index (χ4v) is 3.38. The van der Waals surface area contributed by atoms with Crippen LogP contribution in [-0.2, 0) is 4.79 Å². The quantitative estimate of drug-likeness (QED) is 0.700. The predicted molar refractivity (Wildman–Crippen MR) is 59.9 cm³/mol. The Morgan fingerprint density at radius 3 is 2.44 bits per heavy atom. The number of nitrogens with one attached hydrogen (secondary N) is 1. The van der Waals surface area contributed by atoms with Gasteiger partial charge < -0.3 is 15.3 Å². The number of likely N-dealkylation sites (tertiary alicyclic amines) is 1. The Kier molecular flexibility index (Phi) is 2.64. The number of carbonyl (C=O) groups is 1. The Balaban J connectivity index is 1.49. The van der Waals surface area contributed by atoms with Gasteiger partial charge in [0.25, 0.3) is 0 Å². The zero-order valence-corrected chi connectivity index (χ0v) is 9.56. The van der Waals surface area contributed by atoms with Crippen molar-refractivity contribution in [3.05, 3.63) is 0 Å². The summed E-state index contributed by atoms with van der Waals surface area (Å²) in [5.74, 6) is 0.820. The first-order valence-electron chi connectivity index (χ1n) is 6.42. The van der Waals surface area contributed by atoms with E-state index in [9.17, 15) is 4.79 Å². The lowest BCUT2D eigenvalue weighted by atomic mass is 9.89. The summed E-state index contributed by atoms with van der Waals surface area (Å²) in [6, 6.07) is 1.33. The SMILES string of the molecule is O=C(CC1CC2CCC(C1)N2)N1CC(O)C1. The maximum atomic E-state index is 11.9. The summed E-state index contributed by atoms with van der Waals surface area (Å²) in [5, 5.41) is 12.8. The predicted octanol–water partition coefficient (Wildman–Crippen LogP) is 0.110. The second-order valence-electron chi connectivity index (χ2n) is 5.63. The summed E-state index contributed by atoms with van der Waals surface area (Å²) in [6.45, 7) is 1.10. The Morgan fingerprint density at radius 1 is 1.25 bits per heavy atom. The van der Waals surface area contributed by atoms with Gasteiger partial charge >= 0.3 is 0 Å². The fourth-order valence-electron chi connectivity index (χ4n) is 3.38. The summed E-state index contributed by atoms with van der Waals surface area (Å²) >= 11 is 0. The number of fused-ring (bicyclic) bond motifs is 2. The molecule has 0 radical (unpaired) electrons. The molecule has 90 valence electrons. The number of aliphatic hydroxyl groups is 1. The minimum absolute atomic E-state index is 0.247. The summed E-state index contributed by atoms with van der Waals surface area (Å²) < 4.78 is 0. The highest BCUT2D eigenvalue weighted by atomic mass is 16.3. The van der Waals surface area contributed by atoms with E-state index in [1.54, 1.807) is 4.90 Å². The van der Waals surface area contributed by atoms with E-state index in [1.165, 1.54) is 25.7 Å². The maximum absolute atomic E-state index is 11.9. The average Bonchev–Trinajstić information content (AvgIpc) is 2.53. The van der Waals surface area contributed by atoms with Crippen LogP contribution in [0, 0.1) is 5.92 Å². The summed E-state index contributed by atoms with van der Waals surface area (Å²) in [4.78, 5) is 13.7. The first kappa shape index (κ1) is 10.5. The van der Waals surface area contributed by atoms with E-state index >= 15 is 0 Å². The Morgan fingerprint density at radius 2 is 1.88 bits per heavy atom. The van der Waals surface area contributed by atoms with Crippen LogP contribution in [0.3, 0.4) is 0 Å². The van der Waals surface area contributed by atoms with E-state index in [0.717, 1.165) is 0 Å². The van der Waals surface area contributed by atoms with Crippen LogP contribution in [0.2, 0.25) is 0 Å². The van der Waals surface area contributed by atoms with Crippen LogP contribution in [0.5, 0.6) is 0 Å². The number of aliphatic hydroxyl groups excluding tert-OH is 1. The van der Waals surface area contributed by atoms with E-state index in [0.29, 0.717) is 37.5 Å². The standard InChI is InChI=1S/C12H20N2O2/c15-11-6-14(7-11)12(16)5-8-3-9-1-2-10(4-8)13-9/h8-11,13,15H,1-7H2. The van der Waals surface area contributed by atoms with Crippen molar-refractivity contribution in [1.82, 2.24) is 10.2 Å². The second kappa shape index (κ2) is 4.00. The summed E-state index contributed by atoms with van der Waals surface area (Å²) in [5.41, 5.74) is 0. The molecule has 3 heterocycles. The monoisotopic (exact) mass is 224 g/mol. The summed E-state index contributed by atoms with van der Waals surface area (Å²) in [6.07, 6.45) is 5.34. The van der Waals surface area contributed by atoms with Crippen LogP contribution >= 0.6 is 0 Å². The number of rotatable bonds is 2. The van der Waals surface area contributed by atoms with E-state index in [-0.39, 0.29) is 12.0 Å². The molecule has 0 aromatic heterocycles. The van der Waals surface area contributed by atoms with E-state index < -0.39 is 0 Å². The van der Waals surface area contributed by atoms with Gasteiger partial charge in [-0.1, -0.05) is 0 Å². The number of carbonyl (C=O) groups excluding carboxylic acids is 1. The second-order valence-corrected chi connectivity index (χ2v) is 5.63. The molecule has 0 aromatic rings. The number of nitrogens with zero attached hydrogens (tertiary/aromatic N) is 1. The van der Waals surface area contributed by atoms with Crippen LogP contribution in [0.1, 0.15) is 32.1 Å². The molecule has 2 atom stereocenters. The van der Waals surface area contributed by atoms with Crippen molar-refractivity contribution in [3.63, 3.8) is 0 Å². The van der Waals surface area contributed by atoms with Gasteiger partial charge in [0.2, 0.25) is 5.91 Å². The first-order valence-corrected chi connectivity index (χ1v) is 6.42. The highest BCUT2D eigenvalue weighted by Gasteiger charge is 2.36. The van der Waals surface area contributed by atoms with Crippen LogP contribution in [0.15, 0.2) is 0 Å². The third-order valence-electron chi connectivity index (χ3n) is 4.25. The van der Waals surface area contributed by atoms with Crippen LogP contribution in [0.25, 0.3) is 0 Å². The lowest BCUT2D eigenvalue weighted by Crippen LogP contribution is -2.54. The van der Waals surface area contributed by atoms with Gasteiger partial charge in [0.05, 0.1) is 6.10 Å². The van der Waals surface area contributed by atoms with Gasteiger partial charge in [-0.2, -0.15) is 0 Å². The number of piperidine rings is 1. The smallest absolute Gasteiger partial charge is 0.223 e. The Hall–Kier alpha value is -0.610. The first-order chi connectivity index (χ1) is 7.70. The van der Waals surface area contributed by atoms with Gasteiger partial charge in [0, 0.05) is 31.6 Å². The van der Waals surface area contributed by atoms with Gasteiger partial charge in [-0.15, -0.1) is 0 Å². The Bertz CT molecular complexity index is 277. The highest BCUT2D eigenvalue weighted by molar-refractivity contribution is 5.77. The van der Waals surface area contributed by atoms with Crippen molar-refractivity contribution in [3.8, 4) is 0 Å². The number of β-amino-alcohol motifs (C(OH)–C–C–N with tert-alkyl or cyclic N) is 1. The van der Waals surface area contributed by atoms with Gasteiger partial charge in [0.15, 0.2) is 0 Å². The molecule has 3 aliphatic heterocycles. The number of amides is 1. The molecule has 3 rings (SSSR count). The number of hydrogen-bond donors (Lipinski definition) is 2. The van der Waals surface area contributed by atoms with Gasteiger partial charge in [-0.05, 0) is 31.6 Å². The Labute approximate surface area is 96.0 Å². The molecule has 2 bridgehead atoms. The molecule has 4 nitrogen and oxygen atoms in total. The number of hydrogen-bond acceptors (Lipinski definition) is 3. The maximum Gasteiger partial charge on any atom is 0.223 e. The molecular weight excluding hydrogens is 204 g/mol. The summed E-state index contributed by atoms with van der Waals surface area (Å²) in [7, 11) is 0. The molecule has 3 aliphatic rings. The van der Waals surface area contributed by atoms with Crippen molar-refractivity contribution < 1.29 is 9.90 Å². The third kappa shape index (κ3) is 1.96. The van der Waals surface area contributed by atoms with Crippen molar-refractivity contribution >= 4 is 5.91 Å². The van der Waals surface area contributed by atoms with Crippen molar-refractivity contribution in [2.24, 2.45) is 5.92 Å². The van der Waals surface area contributed by atoms with Crippen molar-refractivity contribution in [2.75, 3.05) is 13.1 Å². The van der Waals surface area contributed by atoms with E-state index in [2.05, 4.69) is 5.32 Å². The zero-order chi connectivity index (χ0) is 11.1. The molecular formula is C12H20N2O2. The third-order valence-corrected chi connectivity index (χ3v) is 4.25. The van der Waals surface area contributed by atoms with Crippen LogP contribution in [0.4, 0.5) is 0 Å². The minimum atomic E-state index is -0.270. The molecule has 16 heavy (non-hydrogen) atoms. The van der Waals surface area contributed by atoms with Gasteiger partial charge in [0.1, 0.15) is 0 Å². The normalized spacial score (nSPS) is 38.6. The highest BCUT2D eigenvalue weighted by Crippen LogP contribution is 2.33. The molecule has 1 amide bonds. The molecule has 0 aliphatic carbocycles. The van der Waals surface area contributed by atoms with Gasteiger partial charge in [-0.3, -0.25) is 4.79 Å². The lowest BCUT2D eigenvalue weighted by Gasteiger charge is -2.37. The molecule has 0 saturated carbocycles. The van der Waals surface area contributed by atoms with Gasteiger partial charge in [-0.25, -0.2) is 0 Å². The molecule has 2 unspecified atom stereocenters. The molecule has 0 aromatic carbocycles. The minimum Gasteiger partial charge on any atom is -0.389 e. The van der Waals surface area contributed by atoms with E-state index in [1.807, 2.05) is 0 Å². The molecule has 4 heteroatoms.